The molecular weight excluding hydrogens is 342 g/mol. The minimum atomic E-state index is -0.111. The van der Waals surface area contributed by atoms with Crippen LogP contribution in [0.1, 0.15) is 6.92 Å². The molecule has 1 N–H and O–H groups in total. The minimum Gasteiger partial charge on any atom is -0.497 e. The number of hydrazone groups is 1. The number of carbonyl (C=O) groups is 1. The maximum atomic E-state index is 11.9. The number of fused-ring (bicyclic) bond motifs is 1. The maximum absolute atomic E-state index is 11.9. The van der Waals surface area contributed by atoms with Gasteiger partial charge in [0.2, 0.25) is 0 Å². The number of aromatic nitrogens is 1. The highest BCUT2D eigenvalue weighted by Gasteiger charge is 2.12. The third-order valence-corrected chi connectivity index (χ3v) is 5.31. The van der Waals surface area contributed by atoms with Crippen LogP contribution in [0.3, 0.4) is 0 Å². The monoisotopic (exact) mass is 357 g/mol. The molecule has 0 saturated heterocycles. The molecule has 0 unspecified atom stereocenters. The van der Waals surface area contributed by atoms with E-state index in [9.17, 15) is 4.79 Å². The summed E-state index contributed by atoms with van der Waals surface area (Å²) in [6, 6.07) is 15.2. The van der Waals surface area contributed by atoms with Crippen LogP contribution in [0.5, 0.6) is 5.75 Å². The van der Waals surface area contributed by atoms with E-state index in [1.54, 1.807) is 18.4 Å². The van der Waals surface area contributed by atoms with Crippen molar-refractivity contribution in [1.82, 2.24) is 4.98 Å². The Hall–Kier alpha value is -2.38. The van der Waals surface area contributed by atoms with Gasteiger partial charge in [0, 0.05) is 6.92 Å². The number of hydrogen-bond acceptors (Lipinski definition) is 7. The summed E-state index contributed by atoms with van der Waals surface area (Å²) in [5, 5.41) is 4.59. The summed E-state index contributed by atoms with van der Waals surface area (Å²) in [4.78, 5) is 16.4. The van der Waals surface area contributed by atoms with Gasteiger partial charge in [0.25, 0.3) is 0 Å². The van der Waals surface area contributed by atoms with Crippen molar-refractivity contribution in [2.24, 2.45) is 5.10 Å². The van der Waals surface area contributed by atoms with Crippen LogP contribution in [0.25, 0.3) is 10.2 Å². The smallest absolute Gasteiger partial charge is 0.186 e. The van der Waals surface area contributed by atoms with E-state index in [4.69, 9.17) is 4.74 Å². The normalized spacial score (nSPS) is 11.5. The molecule has 0 radical (unpaired) electrons. The van der Waals surface area contributed by atoms with Crippen LogP contribution in [0, 0.1) is 0 Å². The second-order valence-electron chi connectivity index (χ2n) is 4.86. The Balaban J connectivity index is 1.76. The van der Waals surface area contributed by atoms with Crippen molar-refractivity contribution in [1.29, 1.82) is 0 Å². The topological polar surface area (TPSA) is 63.6 Å². The summed E-state index contributed by atoms with van der Waals surface area (Å²) in [7, 11) is 1.61. The lowest BCUT2D eigenvalue weighted by molar-refractivity contribution is -0.110. The number of thiazole rings is 1. The number of Topliss-reactive ketones (excluding diaryl/α,β-unsaturated/α-hetero) is 1. The van der Waals surface area contributed by atoms with Gasteiger partial charge in [0.15, 0.2) is 15.2 Å². The molecular formula is C17H15N3O2S2. The number of nitrogens with one attached hydrogen (secondary N) is 1. The number of carbonyl (C=O) groups excluding carboxylic acids is 1. The maximum Gasteiger partial charge on any atom is 0.186 e. The predicted octanol–water partition coefficient (Wildman–Crippen LogP) is 4.41. The first-order valence-corrected chi connectivity index (χ1v) is 8.81. The molecule has 0 aliphatic carbocycles. The fraction of sp³-hybridized carbons (Fsp3) is 0.118. The number of para-hydroxylation sites is 1. The van der Waals surface area contributed by atoms with E-state index in [1.165, 1.54) is 18.7 Å². The van der Waals surface area contributed by atoms with E-state index in [0.717, 1.165) is 26.0 Å². The van der Waals surface area contributed by atoms with Gasteiger partial charge in [0.05, 0.1) is 23.0 Å². The predicted molar refractivity (Wildman–Crippen MR) is 100 cm³/mol. The molecule has 5 nitrogen and oxygen atoms in total. The number of ketones is 1. The zero-order valence-electron chi connectivity index (χ0n) is 13.1. The Kier molecular flexibility index (Phi) is 5.12. The second-order valence-corrected chi connectivity index (χ2v) is 7.13. The molecule has 0 aliphatic rings. The zero-order valence-corrected chi connectivity index (χ0v) is 14.8. The van der Waals surface area contributed by atoms with Gasteiger partial charge in [-0.15, -0.1) is 11.3 Å². The lowest BCUT2D eigenvalue weighted by atomic mass is 10.3. The van der Waals surface area contributed by atoms with E-state index < -0.39 is 0 Å². The van der Waals surface area contributed by atoms with E-state index >= 15 is 0 Å². The molecule has 2 aromatic carbocycles. The summed E-state index contributed by atoms with van der Waals surface area (Å²) in [5.74, 6) is 0.653. The second kappa shape index (κ2) is 7.46. The number of thioether (sulfide) groups is 1. The molecule has 0 atom stereocenters. The minimum absolute atomic E-state index is 0.111. The molecule has 0 fully saturated rings. The number of hydrogen-bond donors (Lipinski definition) is 1. The standard InChI is InChI=1S/C17H15N3O2S2/c1-11(21)16(20-19-12-7-9-13(22-2)10-8-12)24-17-18-14-5-3-4-6-15(14)23-17/h3-10,19H,1-2H3/b20-16-. The SMILES string of the molecule is COc1ccc(N/N=C(\Sc2nc3ccccc3s2)C(C)=O)cc1. The van der Waals surface area contributed by atoms with Crippen molar-refractivity contribution in [2.75, 3.05) is 12.5 Å². The van der Waals surface area contributed by atoms with Crippen LogP contribution in [0.4, 0.5) is 5.69 Å². The summed E-state index contributed by atoms with van der Waals surface area (Å²) >= 11 is 2.81. The highest BCUT2D eigenvalue weighted by Crippen LogP contribution is 2.30. The van der Waals surface area contributed by atoms with Gasteiger partial charge in [-0.05, 0) is 48.2 Å². The van der Waals surface area contributed by atoms with Crippen LogP contribution in [-0.4, -0.2) is 22.9 Å². The average molecular weight is 357 g/mol. The Morgan fingerprint density at radius 3 is 2.62 bits per heavy atom. The summed E-state index contributed by atoms with van der Waals surface area (Å²) in [6.07, 6.45) is 0. The molecule has 0 bridgehead atoms. The molecule has 24 heavy (non-hydrogen) atoms. The van der Waals surface area contributed by atoms with E-state index in [1.807, 2.05) is 48.5 Å². The quantitative estimate of drug-likeness (QED) is 0.317. The number of methoxy groups -OCH3 is 1. The molecule has 7 heteroatoms. The Labute approximate surface area is 147 Å². The van der Waals surface area contributed by atoms with Gasteiger partial charge in [-0.3, -0.25) is 10.2 Å². The third-order valence-electron chi connectivity index (χ3n) is 3.14. The van der Waals surface area contributed by atoms with Crippen molar-refractivity contribution in [3.05, 3.63) is 48.5 Å². The number of nitrogens with zero attached hydrogens (tertiary/aromatic N) is 2. The molecule has 3 rings (SSSR count). The van der Waals surface area contributed by atoms with E-state index in [-0.39, 0.29) is 5.78 Å². The number of anilines is 1. The fourth-order valence-electron chi connectivity index (χ4n) is 1.93. The molecule has 0 aliphatic heterocycles. The first-order valence-electron chi connectivity index (χ1n) is 7.18. The highest BCUT2D eigenvalue weighted by atomic mass is 32.2. The van der Waals surface area contributed by atoms with Crippen molar-refractivity contribution in [3.63, 3.8) is 0 Å². The highest BCUT2D eigenvalue weighted by molar-refractivity contribution is 8.17. The lowest BCUT2D eigenvalue weighted by Gasteiger charge is -2.04. The Morgan fingerprint density at radius 1 is 1.21 bits per heavy atom. The first-order chi connectivity index (χ1) is 11.7. The van der Waals surface area contributed by atoms with Gasteiger partial charge < -0.3 is 4.74 Å². The van der Waals surface area contributed by atoms with Crippen molar-refractivity contribution >= 4 is 49.8 Å². The third kappa shape index (κ3) is 3.93. The number of benzene rings is 2. The van der Waals surface area contributed by atoms with Crippen LogP contribution < -0.4 is 10.2 Å². The van der Waals surface area contributed by atoms with Crippen molar-refractivity contribution in [2.45, 2.75) is 11.3 Å². The van der Waals surface area contributed by atoms with Crippen LogP contribution >= 0.6 is 23.1 Å². The van der Waals surface area contributed by atoms with E-state index in [0.29, 0.717) is 5.04 Å². The number of ether oxygens (including phenoxy) is 1. The summed E-state index contributed by atoms with van der Waals surface area (Å²) in [5.41, 5.74) is 4.60. The molecule has 0 saturated carbocycles. The zero-order chi connectivity index (χ0) is 16.9. The fourth-order valence-corrected chi connectivity index (χ4v) is 3.85. The summed E-state index contributed by atoms with van der Waals surface area (Å²) < 4.78 is 6.99. The van der Waals surface area contributed by atoms with Gasteiger partial charge in [-0.1, -0.05) is 12.1 Å². The van der Waals surface area contributed by atoms with Crippen molar-refractivity contribution < 1.29 is 9.53 Å². The number of rotatable bonds is 5. The van der Waals surface area contributed by atoms with Crippen molar-refractivity contribution in [3.8, 4) is 5.75 Å². The lowest BCUT2D eigenvalue weighted by Crippen LogP contribution is -2.08. The van der Waals surface area contributed by atoms with Crippen LogP contribution in [0.2, 0.25) is 0 Å². The summed E-state index contributed by atoms with van der Waals surface area (Å²) in [6.45, 7) is 1.49. The van der Waals surface area contributed by atoms with Crippen LogP contribution in [0.15, 0.2) is 58.0 Å². The Morgan fingerprint density at radius 2 is 1.96 bits per heavy atom. The average Bonchev–Trinajstić information content (AvgIpc) is 3.01. The van der Waals surface area contributed by atoms with Gasteiger partial charge >= 0.3 is 0 Å². The van der Waals surface area contributed by atoms with Gasteiger partial charge in [-0.2, -0.15) is 5.10 Å². The molecule has 0 amide bonds. The molecule has 1 heterocycles. The molecule has 122 valence electrons. The first kappa shape index (κ1) is 16.5. The largest absolute Gasteiger partial charge is 0.497 e. The molecule has 0 spiro atoms. The van der Waals surface area contributed by atoms with Gasteiger partial charge in [-0.25, -0.2) is 4.98 Å². The molecule has 3 aromatic rings. The van der Waals surface area contributed by atoms with E-state index in [2.05, 4.69) is 15.5 Å². The molecule has 1 aromatic heterocycles. The Bertz CT molecular complexity index is 855. The van der Waals surface area contributed by atoms with Crippen LogP contribution in [-0.2, 0) is 4.79 Å². The van der Waals surface area contributed by atoms with Gasteiger partial charge in [0.1, 0.15) is 5.75 Å².